The fraction of sp³-hybridized carbons (Fsp3) is 0.917. The average molecular weight is 244 g/mol. The average Bonchev–Trinajstić information content (AvgIpc) is 2.73. The number of amides is 1. The van der Waals surface area contributed by atoms with Gasteiger partial charge in [0.05, 0.1) is 32.8 Å². The zero-order valence-electron chi connectivity index (χ0n) is 11.2. The van der Waals surface area contributed by atoms with Gasteiger partial charge >= 0.3 is 0 Å². The van der Waals surface area contributed by atoms with E-state index in [1.807, 2.05) is 6.92 Å². The number of ether oxygens (including phenoxy) is 1. The monoisotopic (exact) mass is 244 g/mol. The normalized spacial score (nSPS) is 24.3. The van der Waals surface area contributed by atoms with Crippen LogP contribution in [0.4, 0.5) is 0 Å². The second kappa shape index (κ2) is 6.93. The highest BCUT2D eigenvalue weighted by molar-refractivity contribution is 5.79. The lowest BCUT2D eigenvalue weighted by atomic mass is 10.0. The van der Waals surface area contributed by atoms with Crippen molar-refractivity contribution >= 4 is 5.91 Å². The number of nitrogens with zero attached hydrogens (tertiary/aromatic N) is 1. The van der Waals surface area contributed by atoms with Gasteiger partial charge in [-0.1, -0.05) is 20.8 Å². The third-order valence-corrected chi connectivity index (χ3v) is 2.86. The van der Waals surface area contributed by atoms with Crippen molar-refractivity contribution < 1.29 is 14.4 Å². The van der Waals surface area contributed by atoms with Crippen LogP contribution in [0.25, 0.3) is 0 Å². The largest absolute Gasteiger partial charge is 0.379 e. The van der Waals surface area contributed by atoms with Crippen molar-refractivity contribution in [3.05, 3.63) is 0 Å². The van der Waals surface area contributed by atoms with Crippen LogP contribution in [0.15, 0.2) is 0 Å². The van der Waals surface area contributed by atoms with E-state index < -0.39 is 0 Å². The van der Waals surface area contributed by atoms with Gasteiger partial charge in [-0.15, -0.1) is 0 Å². The van der Waals surface area contributed by atoms with Crippen LogP contribution >= 0.6 is 0 Å². The molecule has 2 unspecified atom stereocenters. The van der Waals surface area contributed by atoms with Gasteiger partial charge in [-0.25, -0.2) is 5.06 Å². The molecule has 17 heavy (non-hydrogen) atoms. The lowest BCUT2D eigenvalue weighted by Crippen LogP contribution is -2.46. The first-order valence-electron chi connectivity index (χ1n) is 6.26. The molecule has 0 aromatic heterocycles. The number of hydrogen-bond donors (Lipinski definition) is 1. The molecule has 0 radical (unpaired) electrons. The predicted octanol–water partition coefficient (Wildman–Crippen LogP) is 0.657. The van der Waals surface area contributed by atoms with E-state index in [0.717, 1.165) is 6.54 Å². The fourth-order valence-electron chi connectivity index (χ4n) is 2.03. The first-order valence-corrected chi connectivity index (χ1v) is 6.26. The van der Waals surface area contributed by atoms with E-state index in [0.29, 0.717) is 25.7 Å². The Balaban J connectivity index is 2.59. The van der Waals surface area contributed by atoms with Crippen LogP contribution in [0.3, 0.4) is 0 Å². The van der Waals surface area contributed by atoms with Gasteiger partial charge in [0, 0.05) is 6.04 Å². The standard InChI is InChI=1S/C12H24N2O3/c1-5-13-11-8-17-7-10(11)12(15)14(16-4)6-9(2)3/h9-11,13H,5-8H2,1-4H3. The van der Waals surface area contributed by atoms with E-state index in [9.17, 15) is 4.79 Å². The lowest BCUT2D eigenvalue weighted by molar-refractivity contribution is -0.183. The molecule has 0 spiro atoms. The minimum Gasteiger partial charge on any atom is -0.379 e. The van der Waals surface area contributed by atoms with Crippen LogP contribution < -0.4 is 5.32 Å². The Morgan fingerprint density at radius 3 is 2.76 bits per heavy atom. The molecule has 1 fully saturated rings. The Kier molecular flexibility index (Phi) is 5.88. The summed E-state index contributed by atoms with van der Waals surface area (Å²) in [6.45, 7) is 8.69. The summed E-state index contributed by atoms with van der Waals surface area (Å²) in [5.41, 5.74) is 0. The van der Waals surface area contributed by atoms with Gasteiger partial charge in [-0.3, -0.25) is 9.63 Å². The van der Waals surface area contributed by atoms with Gasteiger partial charge in [-0.2, -0.15) is 0 Å². The van der Waals surface area contributed by atoms with E-state index in [-0.39, 0.29) is 17.9 Å². The molecule has 0 bridgehead atoms. The Bertz CT molecular complexity index is 246. The maximum Gasteiger partial charge on any atom is 0.253 e. The molecule has 1 aliphatic heterocycles. The number of hydrogen-bond acceptors (Lipinski definition) is 4. The SMILES string of the molecule is CCNC1COCC1C(=O)N(CC(C)C)OC. The van der Waals surface area contributed by atoms with Crippen molar-refractivity contribution in [1.29, 1.82) is 0 Å². The second-order valence-electron chi connectivity index (χ2n) is 4.78. The summed E-state index contributed by atoms with van der Waals surface area (Å²) in [6.07, 6.45) is 0. The van der Waals surface area contributed by atoms with Crippen LogP contribution in [-0.4, -0.2) is 50.4 Å². The molecule has 0 aromatic carbocycles. The summed E-state index contributed by atoms with van der Waals surface area (Å²) in [5.74, 6) is 0.275. The van der Waals surface area contributed by atoms with E-state index in [2.05, 4.69) is 19.2 Å². The number of carbonyl (C=O) groups excluding carboxylic acids is 1. The number of carbonyl (C=O) groups is 1. The smallest absolute Gasteiger partial charge is 0.253 e. The molecule has 5 heteroatoms. The summed E-state index contributed by atoms with van der Waals surface area (Å²) >= 11 is 0. The van der Waals surface area contributed by atoms with Crippen LogP contribution in [0.5, 0.6) is 0 Å². The molecule has 1 amide bonds. The molecular formula is C12H24N2O3. The number of nitrogens with one attached hydrogen (secondary N) is 1. The van der Waals surface area contributed by atoms with Crippen molar-refractivity contribution in [3.8, 4) is 0 Å². The van der Waals surface area contributed by atoms with E-state index in [4.69, 9.17) is 9.57 Å². The van der Waals surface area contributed by atoms with Gasteiger partial charge < -0.3 is 10.1 Å². The minimum absolute atomic E-state index is 0.0182. The van der Waals surface area contributed by atoms with Gasteiger partial charge in [0.1, 0.15) is 0 Å². The molecule has 1 aliphatic rings. The molecule has 5 nitrogen and oxygen atoms in total. The summed E-state index contributed by atoms with van der Waals surface area (Å²) < 4.78 is 5.38. The highest BCUT2D eigenvalue weighted by Gasteiger charge is 2.36. The molecule has 100 valence electrons. The maximum absolute atomic E-state index is 12.3. The van der Waals surface area contributed by atoms with Crippen molar-refractivity contribution in [2.45, 2.75) is 26.8 Å². The molecule has 1 heterocycles. The molecular weight excluding hydrogens is 220 g/mol. The fourth-order valence-corrected chi connectivity index (χ4v) is 2.03. The molecule has 1 N–H and O–H groups in total. The van der Waals surface area contributed by atoms with Crippen molar-refractivity contribution in [1.82, 2.24) is 10.4 Å². The topological polar surface area (TPSA) is 50.8 Å². The van der Waals surface area contributed by atoms with Gasteiger partial charge in [0.15, 0.2) is 0 Å². The summed E-state index contributed by atoms with van der Waals surface area (Å²) in [6, 6.07) is 0.109. The van der Waals surface area contributed by atoms with Gasteiger partial charge in [-0.05, 0) is 12.5 Å². The number of rotatable bonds is 6. The first kappa shape index (κ1) is 14.4. The van der Waals surface area contributed by atoms with E-state index >= 15 is 0 Å². The number of hydroxylamine groups is 2. The molecule has 0 aromatic rings. The zero-order chi connectivity index (χ0) is 12.8. The first-order chi connectivity index (χ1) is 8.10. The van der Waals surface area contributed by atoms with Crippen LogP contribution in [-0.2, 0) is 14.4 Å². The zero-order valence-corrected chi connectivity index (χ0v) is 11.2. The van der Waals surface area contributed by atoms with Crippen molar-refractivity contribution in [2.24, 2.45) is 11.8 Å². The molecule has 2 atom stereocenters. The summed E-state index contributed by atoms with van der Waals surface area (Å²) in [5, 5.41) is 4.73. The van der Waals surface area contributed by atoms with E-state index in [1.165, 1.54) is 5.06 Å². The second-order valence-corrected chi connectivity index (χ2v) is 4.78. The third kappa shape index (κ3) is 3.94. The quantitative estimate of drug-likeness (QED) is 0.697. The van der Waals surface area contributed by atoms with Crippen molar-refractivity contribution in [2.75, 3.05) is 33.4 Å². The molecule has 0 aliphatic carbocycles. The van der Waals surface area contributed by atoms with Gasteiger partial charge in [0.2, 0.25) is 0 Å². The van der Waals surface area contributed by atoms with Crippen LogP contribution in [0, 0.1) is 11.8 Å². The maximum atomic E-state index is 12.3. The van der Waals surface area contributed by atoms with Crippen LogP contribution in [0.2, 0.25) is 0 Å². The minimum atomic E-state index is -0.131. The summed E-state index contributed by atoms with van der Waals surface area (Å²) in [4.78, 5) is 17.4. The Morgan fingerprint density at radius 2 is 2.24 bits per heavy atom. The highest BCUT2D eigenvalue weighted by Crippen LogP contribution is 2.17. The number of likely N-dealkylation sites (N-methyl/N-ethyl adjacent to an activating group) is 1. The third-order valence-electron chi connectivity index (χ3n) is 2.86. The van der Waals surface area contributed by atoms with Crippen molar-refractivity contribution in [3.63, 3.8) is 0 Å². The Morgan fingerprint density at radius 1 is 1.53 bits per heavy atom. The summed E-state index contributed by atoms with van der Waals surface area (Å²) in [7, 11) is 1.54. The van der Waals surface area contributed by atoms with Crippen LogP contribution in [0.1, 0.15) is 20.8 Å². The van der Waals surface area contributed by atoms with Gasteiger partial charge in [0.25, 0.3) is 5.91 Å². The lowest BCUT2D eigenvalue weighted by Gasteiger charge is -2.26. The molecule has 1 rings (SSSR count). The predicted molar refractivity (Wildman–Crippen MR) is 65.3 cm³/mol. The highest BCUT2D eigenvalue weighted by atomic mass is 16.7. The molecule has 0 saturated carbocycles. The molecule has 1 saturated heterocycles. The Hall–Kier alpha value is -0.650. The van der Waals surface area contributed by atoms with E-state index in [1.54, 1.807) is 7.11 Å². The Labute approximate surface area is 103 Å².